The molecule has 0 unspecified atom stereocenters. The van der Waals surface area contributed by atoms with Crippen LogP contribution in [0.2, 0.25) is 0 Å². The fourth-order valence-corrected chi connectivity index (χ4v) is 5.36. The number of nitrogens with one attached hydrogen (secondary N) is 2. The number of benzene rings is 1. The predicted octanol–water partition coefficient (Wildman–Crippen LogP) is 5.62. The van der Waals surface area contributed by atoms with E-state index < -0.39 is 0 Å². The van der Waals surface area contributed by atoms with E-state index in [9.17, 15) is 0 Å². The second-order valence-electron chi connectivity index (χ2n) is 9.78. The van der Waals surface area contributed by atoms with E-state index in [1.807, 2.05) is 12.1 Å². The molecule has 2 heterocycles. The quantitative estimate of drug-likeness (QED) is 0.338. The van der Waals surface area contributed by atoms with Gasteiger partial charge in [0.2, 0.25) is 0 Å². The van der Waals surface area contributed by atoms with Gasteiger partial charge in [-0.25, -0.2) is 5.43 Å². The van der Waals surface area contributed by atoms with Crippen LogP contribution in [0.3, 0.4) is 0 Å². The van der Waals surface area contributed by atoms with Crippen molar-refractivity contribution in [1.82, 2.24) is 20.2 Å². The van der Waals surface area contributed by atoms with E-state index in [2.05, 4.69) is 76.7 Å². The van der Waals surface area contributed by atoms with Gasteiger partial charge in [-0.15, -0.1) is 10.2 Å². The van der Waals surface area contributed by atoms with Crippen molar-refractivity contribution < 1.29 is 0 Å². The maximum Gasteiger partial charge on any atom is 0.265 e. The first-order valence-corrected chi connectivity index (χ1v) is 11.0. The number of hydrogen-bond donors (Lipinski definition) is 2. The molecule has 30 heavy (non-hydrogen) atoms. The van der Waals surface area contributed by atoms with Crippen LogP contribution >= 0.6 is 0 Å². The number of allylic oxidation sites excluding steroid dienone is 2. The van der Waals surface area contributed by atoms with Crippen LogP contribution in [0.15, 0.2) is 34.9 Å². The molecule has 2 aliphatic rings. The molecule has 1 fully saturated rings. The van der Waals surface area contributed by atoms with Crippen LogP contribution in [-0.4, -0.2) is 26.4 Å². The van der Waals surface area contributed by atoms with E-state index >= 15 is 0 Å². The minimum Gasteiger partial charge on any atom is -0.337 e. The first-order chi connectivity index (χ1) is 14.4. The molecule has 3 aromatic rings. The molecule has 0 bridgehead atoms. The second-order valence-corrected chi connectivity index (χ2v) is 9.78. The topological polar surface area (TPSA) is 78.9 Å². The number of rotatable bonds is 3. The zero-order valence-electron chi connectivity index (χ0n) is 18.2. The summed E-state index contributed by atoms with van der Waals surface area (Å²) in [5.74, 6) is 2.15. The summed E-state index contributed by atoms with van der Waals surface area (Å²) in [4.78, 5) is 7.94. The molecule has 6 heteroatoms. The number of para-hydroxylation sites is 1. The summed E-state index contributed by atoms with van der Waals surface area (Å²) < 4.78 is 0. The number of aromatic nitrogens is 4. The van der Waals surface area contributed by atoms with Gasteiger partial charge in [0.1, 0.15) is 5.52 Å². The lowest BCUT2D eigenvalue weighted by Gasteiger charge is -2.46. The molecule has 0 aliphatic heterocycles. The van der Waals surface area contributed by atoms with Crippen LogP contribution in [0.5, 0.6) is 0 Å². The van der Waals surface area contributed by atoms with Gasteiger partial charge >= 0.3 is 0 Å². The minimum atomic E-state index is 0.384. The fourth-order valence-electron chi connectivity index (χ4n) is 5.36. The molecule has 0 radical (unpaired) electrons. The van der Waals surface area contributed by atoms with Gasteiger partial charge in [-0.2, -0.15) is 10.1 Å². The Labute approximate surface area is 177 Å². The normalized spacial score (nSPS) is 26.1. The second kappa shape index (κ2) is 7.18. The number of aryl methyl sites for hydroxylation is 1. The monoisotopic (exact) mass is 402 g/mol. The number of H-pyrrole nitrogens is 1. The van der Waals surface area contributed by atoms with Crippen molar-refractivity contribution in [2.45, 2.75) is 53.4 Å². The fraction of sp³-hybridized carbons (Fsp3) is 0.500. The van der Waals surface area contributed by atoms with Crippen molar-refractivity contribution in [3.63, 3.8) is 0 Å². The highest BCUT2D eigenvalue weighted by atomic mass is 15.4. The molecule has 3 atom stereocenters. The van der Waals surface area contributed by atoms with E-state index in [0.29, 0.717) is 29.1 Å². The first-order valence-electron chi connectivity index (χ1n) is 11.0. The summed E-state index contributed by atoms with van der Waals surface area (Å²) >= 11 is 0. The number of anilines is 1. The Balaban J connectivity index is 1.33. The molecular formula is C24H30N6. The molecular weight excluding hydrogens is 372 g/mol. The number of hydrazone groups is 1. The van der Waals surface area contributed by atoms with Crippen molar-refractivity contribution >= 4 is 34.2 Å². The molecule has 5 rings (SSSR count). The Morgan fingerprint density at radius 2 is 2.13 bits per heavy atom. The van der Waals surface area contributed by atoms with Gasteiger partial charge in [-0.1, -0.05) is 50.6 Å². The summed E-state index contributed by atoms with van der Waals surface area (Å²) in [5, 5.41) is 14.2. The molecule has 1 aromatic carbocycles. The number of aromatic amines is 1. The summed E-state index contributed by atoms with van der Waals surface area (Å²) in [6.07, 6.45) is 9.42. The molecule has 2 aromatic heterocycles. The first kappa shape index (κ1) is 19.2. The Hall–Kier alpha value is -2.76. The minimum absolute atomic E-state index is 0.384. The van der Waals surface area contributed by atoms with E-state index in [0.717, 1.165) is 22.1 Å². The summed E-state index contributed by atoms with van der Waals surface area (Å²) in [5.41, 5.74) is 8.82. The number of fused-ring (bicyclic) bond motifs is 4. The van der Waals surface area contributed by atoms with Gasteiger partial charge in [0.25, 0.3) is 5.95 Å². The van der Waals surface area contributed by atoms with Crippen LogP contribution in [0.4, 0.5) is 5.95 Å². The van der Waals surface area contributed by atoms with Crippen LogP contribution in [-0.2, 0) is 0 Å². The zero-order valence-corrected chi connectivity index (χ0v) is 18.2. The van der Waals surface area contributed by atoms with E-state index in [4.69, 9.17) is 0 Å². The van der Waals surface area contributed by atoms with Crippen LogP contribution in [0.25, 0.3) is 22.1 Å². The van der Waals surface area contributed by atoms with Crippen LogP contribution in [0.1, 0.15) is 52.0 Å². The molecule has 2 aliphatic carbocycles. The maximum absolute atomic E-state index is 4.58. The van der Waals surface area contributed by atoms with Gasteiger partial charge in [0, 0.05) is 11.6 Å². The van der Waals surface area contributed by atoms with Crippen LogP contribution in [0, 0.1) is 30.1 Å². The molecule has 2 N–H and O–H groups in total. The number of nitrogens with zero attached hydrogens (tertiary/aromatic N) is 4. The highest BCUT2D eigenvalue weighted by Gasteiger charge is 2.40. The standard InChI is InChI=1S/C24H30N6/c1-14-7-5-9-18-20(14)26-22-21(18)28-30-23(27-22)29-25-13-17-12-19-16(11-15(17)2)8-6-10-24(19,3)4/h5,7-9,13,15,17,19H,6,10-12H2,1-4H3,(H2,26,27,29,30)/b25-13-/t15-,17-,19-/m0/s1. The summed E-state index contributed by atoms with van der Waals surface area (Å²) in [6, 6.07) is 6.15. The lowest BCUT2D eigenvalue weighted by atomic mass is 9.59. The van der Waals surface area contributed by atoms with Crippen molar-refractivity contribution in [2.75, 3.05) is 5.43 Å². The van der Waals surface area contributed by atoms with Crippen molar-refractivity contribution in [3.8, 4) is 0 Å². The summed E-state index contributed by atoms with van der Waals surface area (Å²) in [6.45, 7) is 9.26. The maximum atomic E-state index is 4.58. The van der Waals surface area contributed by atoms with Gasteiger partial charge in [0.05, 0.1) is 5.52 Å². The molecule has 6 nitrogen and oxygen atoms in total. The third kappa shape index (κ3) is 3.28. The Bertz CT molecular complexity index is 1160. The highest BCUT2D eigenvalue weighted by Crippen LogP contribution is 2.50. The lowest BCUT2D eigenvalue weighted by Crippen LogP contribution is -2.36. The van der Waals surface area contributed by atoms with E-state index in [1.54, 1.807) is 5.57 Å². The Morgan fingerprint density at radius 3 is 3.00 bits per heavy atom. The third-order valence-corrected chi connectivity index (χ3v) is 7.27. The third-order valence-electron chi connectivity index (χ3n) is 7.27. The van der Waals surface area contributed by atoms with Crippen molar-refractivity contribution in [2.24, 2.45) is 28.3 Å². The molecule has 0 spiro atoms. The van der Waals surface area contributed by atoms with E-state index in [1.165, 1.54) is 31.2 Å². The Morgan fingerprint density at radius 1 is 1.27 bits per heavy atom. The average Bonchev–Trinajstić information content (AvgIpc) is 3.08. The zero-order chi connectivity index (χ0) is 20.9. The van der Waals surface area contributed by atoms with Gasteiger partial charge in [-0.05, 0) is 61.3 Å². The van der Waals surface area contributed by atoms with E-state index in [-0.39, 0.29) is 0 Å². The Kier molecular flexibility index (Phi) is 4.60. The lowest BCUT2D eigenvalue weighted by molar-refractivity contribution is 0.149. The van der Waals surface area contributed by atoms with Crippen LogP contribution < -0.4 is 5.43 Å². The largest absolute Gasteiger partial charge is 0.337 e. The molecule has 0 amide bonds. The average molecular weight is 403 g/mol. The molecule has 156 valence electrons. The van der Waals surface area contributed by atoms with Gasteiger partial charge in [0.15, 0.2) is 5.65 Å². The SMILES string of the molecule is Cc1cccc2c1[nH]c1nc(N/N=C\[C@@H]3C[C@H]4C(=CCCC4(C)C)C[C@@H]3C)nnc12. The highest BCUT2D eigenvalue weighted by molar-refractivity contribution is 6.04. The molecule has 0 saturated heterocycles. The van der Waals surface area contributed by atoms with Gasteiger partial charge in [-0.3, -0.25) is 0 Å². The number of hydrogen-bond acceptors (Lipinski definition) is 5. The predicted molar refractivity (Wildman–Crippen MR) is 123 cm³/mol. The smallest absolute Gasteiger partial charge is 0.265 e. The van der Waals surface area contributed by atoms with Gasteiger partial charge < -0.3 is 4.98 Å². The summed E-state index contributed by atoms with van der Waals surface area (Å²) in [7, 11) is 0. The van der Waals surface area contributed by atoms with Crippen molar-refractivity contribution in [1.29, 1.82) is 0 Å². The molecule has 1 saturated carbocycles. The van der Waals surface area contributed by atoms with Crippen molar-refractivity contribution in [3.05, 3.63) is 35.4 Å².